The molecule has 0 saturated heterocycles. The molecule has 0 unspecified atom stereocenters. The van der Waals surface area contributed by atoms with Gasteiger partial charge in [0.25, 0.3) is 5.56 Å². The number of nitrogens with one attached hydrogen (secondary N) is 2. The van der Waals surface area contributed by atoms with E-state index in [2.05, 4.69) is 47.1 Å². The standard InChI is InChI=1S/C14H7Br2Cl2N3O/c15-6-1-10-12(11(16)2-6)20-14(21-13(10)22)19-9-4-7(17)3-8(18)5-9/h1-5H,(H2,19,20,21,22). The first-order valence-electron chi connectivity index (χ1n) is 6.04. The Labute approximate surface area is 152 Å². The van der Waals surface area contributed by atoms with Crippen molar-refractivity contribution >= 4 is 77.6 Å². The summed E-state index contributed by atoms with van der Waals surface area (Å²) in [5.41, 5.74) is 0.943. The summed E-state index contributed by atoms with van der Waals surface area (Å²) < 4.78 is 1.51. The van der Waals surface area contributed by atoms with Crippen molar-refractivity contribution in [2.24, 2.45) is 0 Å². The first-order valence-corrected chi connectivity index (χ1v) is 8.39. The predicted octanol–water partition coefficient (Wildman–Crippen LogP) is 5.50. The molecule has 3 rings (SSSR count). The Morgan fingerprint density at radius 1 is 1.05 bits per heavy atom. The number of nitrogens with zero attached hydrogens (tertiary/aromatic N) is 1. The van der Waals surface area contributed by atoms with E-state index < -0.39 is 0 Å². The van der Waals surface area contributed by atoms with Gasteiger partial charge in [0.15, 0.2) is 0 Å². The number of anilines is 2. The Hall–Kier alpha value is -1.08. The molecule has 2 aromatic carbocycles. The summed E-state index contributed by atoms with van der Waals surface area (Å²) in [5.74, 6) is 0.304. The molecule has 1 aromatic heterocycles. The second kappa shape index (κ2) is 6.20. The molecule has 0 spiro atoms. The zero-order valence-electron chi connectivity index (χ0n) is 10.8. The highest BCUT2D eigenvalue weighted by Crippen LogP contribution is 2.27. The van der Waals surface area contributed by atoms with Gasteiger partial charge >= 0.3 is 0 Å². The highest BCUT2D eigenvalue weighted by molar-refractivity contribution is 9.11. The summed E-state index contributed by atoms with van der Waals surface area (Å²) in [6.45, 7) is 0. The zero-order chi connectivity index (χ0) is 15.9. The van der Waals surface area contributed by atoms with E-state index in [1.165, 1.54) is 0 Å². The second-order valence-corrected chi connectivity index (χ2v) is 7.12. The number of benzene rings is 2. The molecule has 0 amide bonds. The number of fused-ring (bicyclic) bond motifs is 1. The molecule has 22 heavy (non-hydrogen) atoms. The number of H-pyrrole nitrogens is 1. The van der Waals surface area contributed by atoms with Crippen LogP contribution >= 0.6 is 55.1 Å². The predicted molar refractivity (Wildman–Crippen MR) is 97.5 cm³/mol. The van der Waals surface area contributed by atoms with Crippen molar-refractivity contribution in [1.29, 1.82) is 0 Å². The number of aromatic nitrogens is 2. The van der Waals surface area contributed by atoms with Gasteiger partial charge in [-0.2, -0.15) is 0 Å². The monoisotopic (exact) mass is 461 g/mol. The summed E-state index contributed by atoms with van der Waals surface area (Å²) >= 11 is 18.7. The third-order valence-corrected chi connectivity index (χ3v) is 4.35. The summed E-state index contributed by atoms with van der Waals surface area (Å²) in [6, 6.07) is 8.54. The summed E-state index contributed by atoms with van der Waals surface area (Å²) in [4.78, 5) is 19.3. The molecule has 0 saturated carbocycles. The molecular weight excluding hydrogens is 457 g/mol. The number of rotatable bonds is 2. The topological polar surface area (TPSA) is 57.8 Å². The Kier molecular flexibility index (Phi) is 4.45. The minimum atomic E-state index is -0.248. The van der Waals surface area contributed by atoms with Gasteiger partial charge < -0.3 is 5.32 Å². The maximum atomic E-state index is 12.2. The van der Waals surface area contributed by atoms with Crippen LogP contribution in [-0.4, -0.2) is 9.97 Å². The lowest BCUT2D eigenvalue weighted by molar-refractivity contribution is 1.17. The lowest BCUT2D eigenvalue weighted by Gasteiger charge is -2.08. The third-order valence-electron chi connectivity index (χ3n) is 2.85. The van der Waals surface area contributed by atoms with Crippen LogP contribution in [0.3, 0.4) is 0 Å². The van der Waals surface area contributed by atoms with E-state index in [9.17, 15) is 4.79 Å². The van der Waals surface area contributed by atoms with E-state index in [0.717, 1.165) is 8.95 Å². The van der Waals surface area contributed by atoms with Crippen molar-refractivity contribution in [3.05, 3.63) is 59.7 Å². The lowest BCUT2D eigenvalue weighted by Crippen LogP contribution is -2.11. The minimum absolute atomic E-state index is 0.248. The van der Waals surface area contributed by atoms with Crippen LogP contribution in [0.4, 0.5) is 11.6 Å². The van der Waals surface area contributed by atoms with Crippen LogP contribution in [0.15, 0.2) is 44.1 Å². The number of aromatic amines is 1. The van der Waals surface area contributed by atoms with Crippen molar-refractivity contribution in [3.63, 3.8) is 0 Å². The van der Waals surface area contributed by atoms with Crippen LogP contribution in [0.5, 0.6) is 0 Å². The molecule has 112 valence electrons. The molecule has 0 aliphatic carbocycles. The average molecular weight is 464 g/mol. The van der Waals surface area contributed by atoms with Gasteiger partial charge in [0.05, 0.1) is 10.9 Å². The number of halogens is 4. The van der Waals surface area contributed by atoms with Gasteiger partial charge in [0, 0.05) is 24.7 Å². The van der Waals surface area contributed by atoms with Crippen LogP contribution in [0, 0.1) is 0 Å². The molecule has 0 atom stereocenters. The van der Waals surface area contributed by atoms with E-state index in [-0.39, 0.29) is 5.56 Å². The summed E-state index contributed by atoms with van der Waals surface area (Å²) in [6.07, 6.45) is 0. The van der Waals surface area contributed by atoms with Crippen molar-refractivity contribution in [1.82, 2.24) is 9.97 Å². The highest BCUT2D eigenvalue weighted by Gasteiger charge is 2.09. The fraction of sp³-hybridized carbons (Fsp3) is 0. The molecule has 3 aromatic rings. The summed E-state index contributed by atoms with van der Waals surface area (Å²) in [5, 5.41) is 4.45. The SMILES string of the molecule is O=c1[nH]c(Nc2cc(Cl)cc(Cl)c2)nc2c(Br)cc(Br)cc12. The molecule has 0 fully saturated rings. The van der Waals surface area contributed by atoms with Crippen LogP contribution < -0.4 is 10.9 Å². The van der Waals surface area contributed by atoms with E-state index >= 15 is 0 Å². The van der Waals surface area contributed by atoms with E-state index in [1.807, 2.05) is 6.07 Å². The van der Waals surface area contributed by atoms with Gasteiger partial charge in [-0.3, -0.25) is 9.78 Å². The number of hydrogen-bond acceptors (Lipinski definition) is 3. The quantitative estimate of drug-likeness (QED) is 0.527. The molecule has 0 aliphatic rings. The fourth-order valence-electron chi connectivity index (χ4n) is 1.99. The molecule has 0 aliphatic heterocycles. The highest BCUT2D eigenvalue weighted by atomic mass is 79.9. The molecule has 8 heteroatoms. The minimum Gasteiger partial charge on any atom is -0.326 e. The van der Waals surface area contributed by atoms with Crippen molar-refractivity contribution in [2.75, 3.05) is 5.32 Å². The third kappa shape index (κ3) is 3.30. The smallest absolute Gasteiger partial charge is 0.260 e. The van der Waals surface area contributed by atoms with Gasteiger partial charge in [-0.05, 0) is 46.3 Å². The van der Waals surface area contributed by atoms with E-state index in [0.29, 0.717) is 32.6 Å². The second-order valence-electron chi connectivity index (χ2n) is 4.48. The molecule has 4 nitrogen and oxygen atoms in total. The van der Waals surface area contributed by atoms with E-state index in [1.54, 1.807) is 24.3 Å². The van der Waals surface area contributed by atoms with Gasteiger partial charge in [0.2, 0.25) is 5.95 Å². The number of hydrogen-bond donors (Lipinski definition) is 2. The Morgan fingerprint density at radius 3 is 2.41 bits per heavy atom. The van der Waals surface area contributed by atoms with Crippen LogP contribution in [0.2, 0.25) is 10.0 Å². The van der Waals surface area contributed by atoms with Gasteiger partial charge in [-0.15, -0.1) is 0 Å². The summed E-state index contributed by atoms with van der Waals surface area (Å²) in [7, 11) is 0. The van der Waals surface area contributed by atoms with Gasteiger partial charge in [-0.25, -0.2) is 4.98 Å². The maximum absolute atomic E-state index is 12.2. The van der Waals surface area contributed by atoms with E-state index in [4.69, 9.17) is 23.2 Å². The Morgan fingerprint density at radius 2 is 1.73 bits per heavy atom. The Bertz CT molecular complexity index is 923. The maximum Gasteiger partial charge on any atom is 0.260 e. The average Bonchev–Trinajstić information content (AvgIpc) is 2.39. The van der Waals surface area contributed by atoms with Crippen molar-refractivity contribution < 1.29 is 0 Å². The van der Waals surface area contributed by atoms with Crippen molar-refractivity contribution in [3.8, 4) is 0 Å². The first kappa shape index (κ1) is 15.8. The largest absolute Gasteiger partial charge is 0.326 e. The van der Waals surface area contributed by atoms with Crippen LogP contribution in [0.25, 0.3) is 10.9 Å². The van der Waals surface area contributed by atoms with Crippen LogP contribution in [0.1, 0.15) is 0 Å². The van der Waals surface area contributed by atoms with Gasteiger partial charge in [0.1, 0.15) is 0 Å². The molecule has 1 heterocycles. The van der Waals surface area contributed by atoms with Gasteiger partial charge in [-0.1, -0.05) is 39.1 Å². The zero-order valence-corrected chi connectivity index (χ0v) is 15.4. The normalized spacial score (nSPS) is 10.9. The molecule has 2 N–H and O–H groups in total. The molecular formula is C14H7Br2Cl2N3O. The van der Waals surface area contributed by atoms with Crippen LogP contribution in [-0.2, 0) is 0 Å². The Balaban J connectivity index is 2.10. The molecule has 0 radical (unpaired) electrons. The fourth-order valence-corrected chi connectivity index (χ4v) is 3.83. The first-order chi connectivity index (χ1) is 10.4. The van der Waals surface area contributed by atoms with Crippen molar-refractivity contribution in [2.45, 2.75) is 0 Å². The lowest BCUT2D eigenvalue weighted by atomic mass is 10.2. The molecule has 0 bridgehead atoms.